The first-order valence-electron chi connectivity index (χ1n) is 5.71. The molecule has 0 aliphatic rings. The van der Waals surface area contributed by atoms with E-state index in [0.717, 1.165) is 18.2 Å². The van der Waals surface area contributed by atoms with E-state index in [2.05, 4.69) is 10.6 Å². The van der Waals surface area contributed by atoms with Gasteiger partial charge in [0.1, 0.15) is 5.82 Å². The number of anilines is 1. The number of carboxylic acid groups (broad SMARTS) is 1. The van der Waals surface area contributed by atoms with Gasteiger partial charge in [0, 0.05) is 28.9 Å². The molecule has 8 heteroatoms. The Morgan fingerprint density at radius 3 is 2.65 bits per heavy atom. The van der Waals surface area contributed by atoms with Crippen LogP contribution in [0.5, 0.6) is 0 Å². The standard InChI is InChI=1S/C12H15FN2O4S/c1-7(20(2)19)6-14-12(18)15-10-5-8(13)3-4-9(10)11(16)17/h3-5,7H,6H2,1-2H3,(H,16,17)(H2,14,15,18). The van der Waals surface area contributed by atoms with Gasteiger partial charge in [-0.2, -0.15) is 0 Å². The van der Waals surface area contributed by atoms with Crippen LogP contribution in [0.1, 0.15) is 17.3 Å². The first-order valence-corrected chi connectivity index (χ1v) is 7.33. The molecule has 0 fully saturated rings. The van der Waals surface area contributed by atoms with Crippen LogP contribution < -0.4 is 10.6 Å². The van der Waals surface area contributed by atoms with Crippen molar-refractivity contribution < 1.29 is 23.3 Å². The molecule has 2 atom stereocenters. The number of halogens is 1. The van der Waals surface area contributed by atoms with E-state index in [1.165, 1.54) is 6.26 Å². The van der Waals surface area contributed by atoms with Gasteiger partial charge in [-0.05, 0) is 25.1 Å². The van der Waals surface area contributed by atoms with E-state index >= 15 is 0 Å². The summed E-state index contributed by atoms with van der Waals surface area (Å²) in [5.74, 6) is -1.93. The van der Waals surface area contributed by atoms with Gasteiger partial charge in [0.05, 0.1) is 11.3 Å². The van der Waals surface area contributed by atoms with Crippen molar-refractivity contribution in [2.75, 3.05) is 18.1 Å². The lowest BCUT2D eigenvalue weighted by Gasteiger charge is -2.12. The number of carbonyl (C=O) groups is 2. The highest BCUT2D eigenvalue weighted by atomic mass is 32.2. The van der Waals surface area contributed by atoms with Crippen LogP contribution in [0.3, 0.4) is 0 Å². The number of amides is 2. The van der Waals surface area contributed by atoms with Crippen LogP contribution in [-0.2, 0) is 10.8 Å². The number of aromatic carboxylic acids is 1. The van der Waals surface area contributed by atoms with E-state index in [9.17, 15) is 18.2 Å². The zero-order chi connectivity index (χ0) is 15.3. The molecule has 110 valence electrons. The van der Waals surface area contributed by atoms with Crippen molar-refractivity contribution in [3.8, 4) is 0 Å². The van der Waals surface area contributed by atoms with Crippen LogP contribution in [-0.4, -0.2) is 39.4 Å². The second-order valence-electron chi connectivity index (χ2n) is 4.14. The molecule has 3 N–H and O–H groups in total. The fraction of sp³-hybridized carbons (Fsp3) is 0.333. The average Bonchev–Trinajstić information content (AvgIpc) is 2.35. The van der Waals surface area contributed by atoms with Gasteiger partial charge in [-0.25, -0.2) is 14.0 Å². The molecule has 0 heterocycles. The van der Waals surface area contributed by atoms with Crippen molar-refractivity contribution in [2.45, 2.75) is 12.2 Å². The van der Waals surface area contributed by atoms with Crippen molar-refractivity contribution in [3.05, 3.63) is 29.6 Å². The molecule has 2 amide bonds. The summed E-state index contributed by atoms with van der Waals surface area (Å²) < 4.78 is 24.2. The molecule has 2 unspecified atom stereocenters. The van der Waals surface area contributed by atoms with Gasteiger partial charge in [-0.1, -0.05) is 0 Å². The second kappa shape index (κ2) is 6.99. The van der Waals surface area contributed by atoms with Gasteiger partial charge < -0.3 is 15.7 Å². The van der Waals surface area contributed by atoms with E-state index < -0.39 is 28.6 Å². The minimum Gasteiger partial charge on any atom is -0.478 e. The molecule has 0 radical (unpaired) electrons. The average molecular weight is 302 g/mol. The molecule has 6 nitrogen and oxygen atoms in total. The van der Waals surface area contributed by atoms with Crippen LogP contribution in [0, 0.1) is 5.82 Å². The van der Waals surface area contributed by atoms with Gasteiger partial charge in [-0.15, -0.1) is 0 Å². The lowest BCUT2D eigenvalue weighted by atomic mass is 10.2. The minimum atomic E-state index is -1.27. The minimum absolute atomic E-state index is 0.139. The van der Waals surface area contributed by atoms with Gasteiger partial charge in [0.15, 0.2) is 0 Å². The number of urea groups is 1. The van der Waals surface area contributed by atoms with Crippen molar-refractivity contribution >= 4 is 28.5 Å². The Morgan fingerprint density at radius 2 is 2.10 bits per heavy atom. The normalized spacial score (nSPS) is 13.3. The third-order valence-corrected chi connectivity index (χ3v) is 3.88. The second-order valence-corrected chi connectivity index (χ2v) is 5.94. The highest BCUT2D eigenvalue weighted by molar-refractivity contribution is 7.84. The summed E-state index contributed by atoms with van der Waals surface area (Å²) in [6.45, 7) is 1.86. The Balaban J connectivity index is 2.73. The largest absolute Gasteiger partial charge is 0.478 e. The SMILES string of the molecule is CC(CNC(=O)Nc1cc(F)ccc1C(=O)O)S(C)=O. The Hall–Kier alpha value is -1.96. The number of carboxylic acids is 1. The van der Waals surface area contributed by atoms with E-state index in [1.54, 1.807) is 6.92 Å². The maximum atomic E-state index is 13.1. The smallest absolute Gasteiger partial charge is 0.337 e. The first kappa shape index (κ1) is 16.1. The van der Waals surface area contributed by atoms with Gasteiger partial charge in [0.2, 0.25) is 0 Å². The Kier molecular flexibility index (Phi) is 5.63. The maximum Gasteiger partial charge on any atom is 0.337 e. The first-order chi connectivity index (χ1) is 9.31. The van der Waals surface area contributed by atoms with Crippen LogP contribution >= 0.6 is 0 Å². The van der Waals surface area contributed by atoms with E-state index in [0.29, 0.717) is 0 Å². The molecule has 0 saturated carbocycles. The van der Waals surface area contributed by atoms with Crippen molar-refractivity contribution in [3.63, 3.8) is 0 Å². The highest BCUT2D eigenvalue weighted by Crippen LogP contribution is 2.17. The molecule has 0 aliphatic heterocycles. The number of nitrogens with one attached hydrogen (secondary N) is 2. The molecule has 0 aliphatic carbocycles. The van der Waals surface area contributed by atoms with Gasteiger partial charge in [-0.3, -0.25) is 4.21 Å². The zero-order valence-electron chi connectivity index (χ0n) is 11.0. The summed E-state index contributed by atoms with van der Waals surface area (Å²) in [7, 11) is -1.09. The monoisotopic (exact) mass is 302 g/mol. The predicted octanol–water partition coefficient (Wildman–Crippen LogP) is 1.41. The Bertz CT molecular complexity index is 550. The van der Waals surface area contributed by atoms with Gasteiger partial charge in [0.25, 0.3) is 0 Å². The van der Waals surface area contributed by atoms with Crippen LogP contribution in [0.25, 0.3) is 0 Å². The summed E-state index contributed by atoms with van der Waals surface area (Å²) in [6, 6.07) is 2.30. The number of benzene rings is 1. The van der Waals surface area contributed by atoms with E-state index in [4.69, 9.17) is 5.11 Å². The number of rotatable bonds is 5. The summed E-state index contributed by atoms with van der Waals surface area (Å²) in [4.78, 5) is 22.5. The maximum absolute atomic E-state index is 13.1. The lowest BCUT2D eigenvalue weighted by molar-refractivity contribution is 0.0698. The van der Waals surface area contributed by atoms with Crippen molar-refractivity contribution in [1.82, 2.24) is 5.32 Å². The molecule has 1 aromatic carbocycles. The zero-order valence-corrected chi connectivity index (χ0v) is 11.8. The quantitative estimate of drug-likeness (QED) is 0.766. The van der Waals surface area contributed by atoms with Crippen LogP contribution in [0.15, 0.2) is 18.2 Å². The highest BCUT2D eigenvalue weighted by Gasteiger charge is 2.14. The molecule has 0 spiro atoms. The molecule has 20 heavy (non-hydrogen) atoms. The van der Waals surface area contributed by atoms with E-state index in [1.807, 2.05) is 0 Å². The van der Waals surface area contributed by atoms with Crippen LogP contribution in [0.4, 0.5) is 14.9 Å². The van der Waals surface area contributed by atoms with Crippen molar-refractivity contribution in [1.29, 1.82) is 0 Å². The third-order valence-electron chi connectivity index (χ3n) is 2.58. The number of hydrogen-bond donors (Lipinski definition) is 3. The fourth-order valence-electron chi connectivity index (χ4n) is 1.33. The van der Waals surface area contributed by atoms with Crippen molar-refractivity contribution in [2.24, 2.45) is 0 Å². The molecular weight excluding hydrogens is 287 g/mol. The topological polar surface area (TPSA) is 95.5 Å². The number of hydrogen-bond acceptors (Lipinski definition) is 3. The van der Waals surface area contributed by atoms with Crippen LogP contribution in [0.2, 0.25) is 0 Å². The molecule has 0 aromatic heterocycles. The fourth-order valence-corrected chi connectivity index (χ4v) is 1.64. The lowest BCUT2D eigenvalue weighted by Crippen LogP contribution is -2.36. The Morgan fingerprint density at radius 1 is 1.45 bits per heavy atom. The third kappa shape index (κ3) is 4.61. The van der Waals surface area contributed by atoms with Gasteiger partial charge >= 0.3 is 12.0 Å². The Labute approximate surface area is 117 Å². The summed E-state index contributed by atoms with van der Waals surface area (Å²) in [6.07, 6.45) is 1.51. The summed E-state index contributed by atoms with van der Waals surface area (Å²) in [5.41, 5.74) is -0.353. The molecule has 0 bridgehead atoms. The number of carbonyl (C=O) groups excluding carboxylic acids is 1. The predicted molar refractivity (Wildman–Crippen MR) is 73.9 cm³/mol. The molecule has 1 rings (SSSR count). The summed E-state index contributed by atoms with van der Waals surface area (Å²) in [5, 5.41) is 13.4. The summed E-state index contributed by atoms with van der Waals surface area (Å²) >= 11 is 0. The molecule has 1 aromatic rings. The van der Waals surface area contributed by atoms with E-state index in [-0.39, 0.29) is 23.0 Å². The molecular formula is C12H15FN2O4S. The molecule has 0 saturated heterocycles.